The van der Waals surface area contributed by atoms with Gasteiger partial charge in [0.15, 0.2) is 0 Å². The first-order valence-corrected chi connectivity index (χ1v) is 7.76. The zero-order chi connectivity index (χ0) is 14.7. The lowest BCUT2D eigenvalue weighted by Crippen LogP contribution is -2.43. The number of rotatable bonds is 4. The van der Waals surface area contributed by atoms with Crippen LogP contribution in [0.3, 0.4) is 0 Å². The van der Waals surface area contributed by atoms with Crippen LogP contribution >= 0.6 is 0 Å². The summed E-state index contributed by atoms with van der Waals surface area (Å²) in [7, 11) is 2.06. The Labute approximate surface area is 126 Å². The topological polar surface area (TPSA) is 33.1 Å². The van der Waals surface area contributed by atoms with Crippen molar-refractivity contribution < 1.29 is 0 Å². The molecule has 1 N–H and O–H groups in total. The van der Waals surface area contributed by atoms with Gasteiger partial charge in [0.1, 0.15) is 0 Å². The number of para-hydroxylation sites is 1. The van der Waals surface area contributed by atoms with Crippen molar-refractivity contribution in [3.05, 3.63) is 47.8 Å². The van der Waals surface area contributed by atoms with Gasteiger partial charge in [-0.05, 0) is 45.5 Å². The van der Waals surface area contributed by atoms with Crippen molar-refractivity contribution in [3.8, 4) is 5.69 Å². The number of nitrogens with zero attached hydrogens (tertiary/aromatic N) is 3. The third-order valence-electron chi connectivity index (χ3n) is 4.33. The minimum Gasteiger partial charge on any atom is -0.316 e. The fourth-order valence-electron chi connectivity index (χ4n) is 3.04. The monoisotopic (exact) mass is 284 g/mol. The summed E-state index contributed by atoms with van der Waals surface area (Å²) in [5.74, 6) is 0. The van der Waals surface area contributed by atoms with Crippen LogP contribution in [0.25, 0.3) is 5.69 Å². The van der Waals surface area contributed by atoms with Crippen molar-refractivity contribution in [1.82, 2.24) is 20.0 Å². The Balaban J connectivity index is 1.73. The summed E-state index contributed by atoms with van der Waals surface area (Å²) in [4.78, 5) is 2.53. The van der Waals surface area contributed by atoms with Gasteiger partial charge < -0.3 is 5.32 Å². The van der Waals surface area contributed by atoms with Gasteiger partial charge in [-0.1, -0.05) is 18.2 Å². The van der Waals surface area contributed by atoms with E-state index in [9.17, 15) is 0 Å². The Morgan fingerprint density at radius 2 is 2.10 bits per heavy atom. The van der Waals surface area contributed by atoms with E-state index in [1.165, 1.54) is 24.9 Å². The lowest BCUT2D eigenvalue weighted by atomic mass is 10.1. The van der Waals surface area contributed by atoms with E-state index in [1.54, 1.807) is 0 Å². The molecule has 4 nitrogen and oxygen atoms in total. The molecule has 0 amide bonds. The predicted octanol–water partition coefficient (Wildman–Crippen LogP) is 2.36. The molecule has 21 heavy (non-hydrogen) atoms. The number of piperidine rings is 1. The smallest absolute Gasteiger partial charge is 0.0645 e. The minimum atomic E-state index is 0.628. The molecule has 4 heteroatoms. The minimum absolute atomic E-state index is 0.628. The molecule has 1 aromatic heterocycles. The van der Waals surface area contributed by atoms with Crippen LogP contribution in [-0.2, 0) is 6.54 Å². The molecule has 1 atom stereocenters. The highest BCUT2D eigenvalue weighted by Crippen LogP contribution is 2.17. The van der Waals surface area contributed by atoms with Crippen molar-refractivity contribution in [2.45, 2.75) is 32.4 Å². The van der Waals surface area contributed by atoms with Gasteiger partial charge in [0.25, 0.3) is 0 Å². The van der Waals surface area contributed by atoms with Gasteiger partial charge in [-0.25, -0.2) is 4.68 Å². The van der Waals surface area contributed by atoms with Crippen LogP contribution in [0.4, 0.5) is 0 Å². The zero-order valence-corrected chi connectivity index (χ0v) is 12.9. The Hall–Kier alpha value is -1.65. The first-order chi connectivity index (χ1) is 10.3. The van der Waals surface area contributed by atoms with E-state index >= 15 is 0 Å². The Kier molecular flexibility index (Phi) is 4.36. The molecule has 1 saturated heterocycles. The maximum Gasteiger partial charge on any atom is 0.0645 e. The molecule has 1 fully saturated rings. The van der Waals surface area contributed by atoms with Gasteiger partial charge in [0, 0.05) is 30.9 Å². The first-order valence-electron chi connectivity index (χ1n) is 7.76. The molecule has 1 aliphatic rings. The van der Waals surface area contributed by atoms with Gasteiger partial charge in [-0.15, -0.1) is 0 Å². The highest BCUT2D eigenvalue weighted by atomic mass is 15.3. The maximum absolute atomic E-state index is 4.66. The van der Waals surface area contributed by atoms with Crippen molar-refractivity contribution in [2.24, 2.45) is 0 Å². The van der Waals surface area contributed by atoms with Gasteiger partial charge in [-0.2, -0.15) is 5.10 Å². The zero-order valence-electron chi connectivity index (χ0n) is 12.9. The van der Waals surface area contributed by atoms with Crippen molar-refractivity contribution in [2.75, 3.05) is 20.1 Å². The normalized spacial score (nSPS) is 19.8. The van der Waals surface area contributed by atoms with E-state index in [0.717, 1.165) is 24.5 Å². The van der Waals surface area contributed by atoms with E-state index in [-0.39, 0.29) is 0 Å². The second-order valence-corrected chi connectivity index (χ2v) is 5.88. The average Bonchev–Trinajstić information content (AvgIpc) is 2.89. The molecule has 0 saturated carbocycles. The maximum atomic E-state index is 4.66. The van der Waals surface area contributed by atoms with Gasteiger partial charge >= 0.3 is 0 Å². The van der Waals surface area contributed by atoms with E-state index in [2.05, 4.69) is 47.6 Å². The number of aryl methyl sites for hydroxylation is 1. The van der Waals surface area contributed by atoms with E-state index < -0.39 is 0 Å². The highest BCUT2D eigenvalue weighted by Gasteiger charge is 2.19. The van der Waals surface area contributed by atoms with Crippen LogP contribution in [0, 0.1) is 6.92 Å². The van der Waals surface area contributed by atoms with Gasteiger partial charge in [0.2, 0.25) is 0 Å². The average molecular weight is 284 g/mol. The SMILES string of the molecule is CNC1CCCN(Cc2cn(-c3ccccc3)nc2C)C1. The third-order valence-corrected chi connectivity index (χ3v) is 4.33. The van der Waals surface area contributed by atoms with Crippen LogP contribution < -0.4 is 5.32 Å². The molecular formula is C17H24N4. The lowest BCUT2D eigenvalue weighted by Gasteiger charge is -2.32. The first kappa shape index (κ1) is 14.3. The molecule has 1 aromatic carbocycles. The third kappa shape index (κ3) is 3.34. The quantitative estimate of drug-likeness (QED) is 0.935. The lowest BCUT2D eigenvalue weighted by molar-refractivity contribution is 0.187. The Morgan fingerprint density at radius 1 is 1.29 bits per heavy atom. The molecule has 0 aliphatic carbocycles. The van der Waals surface area contributed by atoms with E-state index in [1.807, 2.05) is 22.9 Å². The van der Waals surface area contributed by atoms with Crippen LogP contribution in [0.2, 0.25) is 0 Å². The van der Waals surface area contributed by atoms with E-state index in [4.69, 9.17) is 0 Å². The summed E-state index contributed by atoms with van der Waals surface area (Å²) in [5.41, 5.74) is 3.58. The van der Waals surface area contributed by atoms with Gasteiger partial charge in [-0.3, -0.25) is 4.90 Å². The molecule has 0 radical (unpaired) electrons. The largest absolute Gasteiger partial charge is 0.316 e. The number of aromatic nitrogens is 2. The summed E-state index contributed by atoms with van der Waals surface area (Å²) in [5, 5.41) is 8.06. The fourth-order valence-corrected chi connectivity index (χ4v) is 3.04. The van der Waals surface area contributed by atoms with Crippen LogP contribution in [0.5, 0.6) is 0 Å². The van der Waals surface area contributed by atoms with Crippen molar-refractivity contribution >= 4 is 0 Å². The molecule has 3 rings (SSSR count). The van der Waals surface area contributed by atoms with Crippen LogP contribution in [0.1, 0.15) is 24.1 Å². The highest BCUT2D eigenvalue weighted by molar-refractivity contribution is 5.32. The van der Waals surface area contributed by atoms with Gasteiger partial charge in [0.05, 0.1) is 11.4 Å². The predicted molar refractivity (Wildman–Crippen MR) is 85.7 cm³/mol. The fraction of sp³-hybridized carbons (Fsp3) is 0.471. The summed E-state index contributed by atoms with van der Waals surface area (Å²) in [6.45, 7) is 5.42. The van der Waals surface area contributed by atoms with Crippen molar-refractivity contribution in [1.29, 1.82) is 0 Å². The van der Waals surface area contributed by atoms with Crippen LogP contribution in [0.15, 0.2) is 36.5 Å². The summed E-state index contributed by atoms with van der Waals surface area (Å²) in [6, 6.07) is 10.9. The second-order valence-electron chi connectivity index (χ2n) is 5.88. The number of hydrogen-bond donors (Lipinski definition) is 1. The second kappa shape index (κ2) is 6.41. The molecule has 0 bridgehead atoms. The molecule has 112 valence electrons. The number of likely N-dealkylation sites (tertiary alicyclic amines) is 1. The Bertz CT molecular complexity index is 576. The molecule has 2 aromatic rings. The molecule has 0 spiro atoms. The number of nitrogens with one attached hydrogen (secondary N) is 1. The number of benzene rings is 1. The summed E-state index contributed by atoms with van der Waals surface area (Å²) in [6.07, 6.45) is 4.74. The van der Waals surface area contributed by atoms with E-state index in [0.29, 0.717) is 6.04 Å². The molecule has 1 aliphatic heterocycles. The standard InChI is InChI=1S/C17H24N4/c1-14-15(11-20-10-6-7-16(13-20)18-2)12-21(19-14)17-8-4-3-5-9-17/h3-5,8-9,12,16,18H,6-7,10-11,13H2,1-2H3. The van der Waals surface area contributed by atoms with Crippen LogP contribution in [-0.4, -0.2) is 40.9 Å². The summed E-state index contributed by atoms with van der Waals surface area (Å²) >= 11 is 0. The molecular weight excluding hydrogens is 260 g/mol. The van der Waals surface area contributed by atoms with Crippen molar-refractivity contribution in [3.63, 3.8) is 0 Å². The molecule has 1 unspecified atom stereocenters. The summed E-state index contributed by atoms with van der Waals surface area (Å²) < 4.78 is 1.99. The Morgan fingerprint density at radius 3 is 2.86 bits per heavy atom. The number of likely N-dealkylation sites (N-methyl/N-ethyl adjacent to an activating group) is 1. The molecule has 2 heterocycles. The number of hydrogen-bond acceptors (Lipinski definition) is 3.